The Morgan fingerprint density at radius 1 is 1.40 bits per heavy atom. The van der Waals surface area contributed by atoms with E-state index >= 15 is 0 Å². The highest BCUT2D eigenvalue weighted by molar-refractivity contribution is 6.33. The van der Waals surface area contributed by atoms with Crippen molar-refractivity contribution in [1.29, 1.82) is 0 Å². The summed E-state index contributed by atoms with van der Waals surface area (Å²) in [6.45, 7) is 0. The summed E-state index contributed by atoms with van der Waals surface area (Å²) in [6.07, 6.45) is 9.29. The molecule has 2 aliphatic heterocycles. The molecule has 0 amide bonds. The first-order chi connectivity index (χ1) is 7.23. The van der Waals surface area contributed by atoms with Gasteiger partial charge in [-0.3, -0.25) is 4.99 Å². The molecule has 1 aliphatic carbocycles. The second kappa shape index (κ2) is 2.83. The lowest BCUT2D eigenvalue weighted by atomic mass is 9.81. The second-order valence-corrected chi connectivity index (χ2v) is 4.24. The number of aliphatic imine (C=N–C) groups is 2. The van der Waals surface area contributed by atoms with Crippen LogP contribution in [0.15, 0.2) is 44.5 Å². The van der Waals surface area contributed by atoms with Crippen LogP contribution < -0.4 is 5.73 Å². The van der Waals surface area contributed by atoms with Gasteiger partial charge in [0.2, 0.25) is 0 Å². The fourth-order valence-corrected chi connectivity index (χ4v) is 2.65. The Balaban J connectivity index is 2.26. The summed E-state index contributed by atoms with van der Waals surface area (Å²) < 4.78 is 0. The summed E-state index contributed by atoms with van der Waals surface area (Å²) in [6, 6.07) is 0. The molecule has 1 spiro atoms. The zero-order chi connectivity index (χ0) is 10.5. The van der Waals surface area contributed by atoms with Crippen LogP contribution in [-0.4, -0.2) is 17.6 Å². The maximum Gasteiger partial charge on any atom is 0.161 e. The number of hydrogen-bond donors (Lipinski definition) is 1. The highest BCUT2D eigenvalue weighted by atomic mass is 35.5. The number of halogens is 1. The number of hydrogen-bond acceptors (Lipinski definition) is 3. The molecule has 0 radical (unpaired) electrons. The van der Waals surface area contributed by atoms with Gasteiger partial charge in [-0.15, -0.1) is 0 Å². The fraction of sp³-hybridized carbons (Fsp3) is 0.273. The summed E-state index contributed by atoms with van der Waals surface area (Å²) in [5, 5.41) is 0.690. The smallest absolute Gasteiger partial charge is 0.161 e. The molecule has 0 bridgehead atoms. The van der Waals surface area contributed by atoms with Gasteiger partial charge < -0.3 is 5.73 Å². The largest absolute Gasteiger partial charge is 0.387 e. The van der Waals surface area contributed by atoms with Crippen LogP contribution in [0.2, 0.25) is 0 Å². The highest BCUT2D eigenvalue weighted by Crippen LogP contribution is 2.48. The monoisotopic (exact) mass is 219 g/mol. The molecule has 1 atom stereocenters. The van der Waals surface area contributed by atoms with Crippen LogP contribution in [0.25, 0.3) is 0 Å². The van der Waals surface area contributed by atoms with Crippen molar-refractivity contribution in [3.8, 4) is 0 Å². The first kappa shape index (κ1) is 8.92. The summed E-state index contributed by atoms with van der Waals surface area (Å²) in [4.78, 5) is 8.83. The number of allylic oxidation sites excluding steroid dienone is 3. The third-order valence-electron chi connectivity index (χ3n) is 2.97. The van der Waals surface area contributed by atoms with Gasteiger partial charge in [-0.25, -0.2) is 4.99 Å². The second-order valence-electron chi connectivity index (χ2n) is 3.84. The SMILES string of the molecule is NC1=NC23C(Cl)=CC=NC2=CCC=C3C1. The average molecular weight is 220 g/mol. The van der Waals surface area contributed by atoms with Crippen molar-refractivity contribution in [1.82, 2.24) is 0 Å². The van der Waals surface area contributed by atoms with Crippen molar-refractivity contribution in [2.75, 3.05) is 0 Å². The van der Waals surface area contributed by atoms with E-state index in [0.717, 1.165) is 17.7 Å². The standard InChI is InChI=1S/C11H10ClN3/c12-8-4-5-14-9-3-1-2-7-6-10(13)15-11(7,8)9/h2-5H,1,6H2,(H2,13,15). The van der Waals surface area contributed by atoms with Gasteiger partial charge in [-0.1, -0.05) is 23.8 Å². The Morgan fingerprint density at radius 3 is 3.13 bits per heavy atom. The molecule has 2 N–H and O–H groups in total. The van der Waals surface area contributed by atoms with Crippen molar-refractivity contribution in [2.24, 2.45) is 15.7 Å². The molecule has 0 saturated heterocycles. The van der Waals surface area contributed by atoms with Crippen LogP contribution in [0.4, 0.5) is 0 Å². The van der Waals surface area contributed by atoms with Gasteiger partial charge in [-0.05, 0) is 18.1 Å². The van der Waals surface area contributed by atoms with Gasteiger partial charge in [0.15, 0.2) is 5.54 Å². The lowest BCUT2D eigenvalue weighted by Crippen LogP contribution is -2.32. The van der Waals surface area contributed by atoms with E-state index in [1.807, 2.05) is 0 Å². The average Bonchev–Trinajstić information content (AvgIpc) is 2.54. The molecule has 0 aromatic carbocycles. The molecular weight excluding hydrogens is 210 g/mol. The molecule has 76 valence electrons. The lowest BCUT2D eigenvalue weighted by Gasteiger charge is -2.32. The van der Waals surface area contributed by atoms with Crippen molar-refractivity contribution < 1.29 is 0 Å². The van der Waals surface area contributed by atoms with Crippen LogP contribution in [0, 0.1) is 0 Å². The molecule has 0 aromatic rings. The van der Waals surface area contributed by atoms with Gasteiger partial charge in [0.05, 0.1) is 16.6 Å². The molecular formula is C11H10ClN3. The fourth-order valence-electron chi connectivity index (χ4n) is 2.33. The van der Waals surface area contributed by atoms with E-state index in [9.17, 15) is 0 Å². The van der Waals surface area contributed by atoms with Gasteiger partial charge in [0.25, 0.3) is 0 Å². The molecule has 1 unspecified atom stereocenters. The minimum atomic E-state index is -0.571. The first-order valence-electron chi connectivity index (χ1n) is 4.88. The van der Waals surface area contributed by atoms with E-state index in [2.05, 4.69) is 22.1 Å². The van der Waals surface area contributed by atoms with E-state index in [-0.39, 0.29) is 0 Å². The van der Waals surface area contributed by atoms with Crippen LogP contribution >= 0.6 is 11.6 Å². The predicted octanol–water partition coefficient (Wildman–Crippen LogP) is 1.91. The molecule has 0 aromatic heterocycles. The molecule has 3 aliphatic rings. The van der Waals surface area contributed by atoms with Gasteiger partial charge in [-0.2, -0.15) is 0 Å². The molecule has 15 heavy (non-hydrogen) atoms. The lowest BCUT2D eigenvalue weighted by molar-refractivity contribution is 0.695. The number of amidine groups is 1. The van der Waals surface area contributed by atoms with E-state index < -0.39 is 5.54 Å². The maximum absolute atomic E-state index is 6.27. The molecule has 0 saturated carbocycles. The summed E-state index contributed by atoms with van der Waals surface area (Å²) >= 11 is 6.27. The third kappa shape index (κ3) is 1.01. The predicted molar refractivity (Wildman–Crippen MR) is 62.2 cm³/mol. The topological polar surface area (TPSA) is 50.7 Å². The maximum atomic E-state index is 6.27. The van der Waals surface area contributed by atoms with E-state index in [1.54, 1.807) is 12.3 Å². The van der Waals surface area contributed by atoms with Crippen LogP contribution in [0.1, 0.15) is 12.8 Å². The van der Waals surface area contributed by atoms with Crippen molar-refractivity contribution >= 4 is 23.7 Å². The molecule has 0 fully saturated rings. The van der Waals surface area contributed by atoms with Crippen molar-refractivity contribution in [3.63, 3.8) is 0 Å². The highest BCUT2D eigenvalue weighted by Gasteiger charge is 2.47. The zero-order valence-electron chi connectivity index (χ0n) is 8.07. The van der Waals surface area contributed by atoms with Gasteiger partial charge >= 0.3 is 0 Å². The van der Waals surface area contributed by atoms with Gasteiger partial charge in [0.1, 0.15) is 0 Å². The normalized spacial score (nSPS) is 32.3. The summed E-state index contributed by atoms with van der Waals surface area (Å²) in [5.41, 5.74) is 7.30. The summed E-state index contributed by atoms with van der Waals surface area (Å²) in [5.74, 6) is 0.637. The molecule has 2 heterocycles. The van der Waals surface area contributed by atoms with Crippen molar-refractivity contribution in [2.45, 2.75) is 18.4 Å². The zero-order valence-corrected chi connectivity index (χ0v) is 8.83. The van der Waals surface area contributed by atoms with Crippen LogP contribution in [0.5, 0.6) is 0 Å². The van der Waals surface area contributed by atoms with E-state index in [0.29, 0.717) is 17.3 Å². The van der Waals surface area contributed by atoms with Crippen molar-refractivity contribution in [3.05, 3.63) is 34.5 Å². The Labute approximate surface area is 92.7 Å². The van der Waals surface area contributed by atoms with E-state index in [4.69, 9.17) is 17.3 Å². The third-order valence-corrected chi connectivity index (χ3v) is 3.37. The quantitative estimate of drug-likeness (QED) is 0.622. The molecule has 3 nitrogen and oxygen atoms in total. The van der Waals surface area contributed by atoms with E-state index in [1.165, 1.54) is 0 Å². The minimum absolute atomic E-state index is 0.571. The number of nitrogens with two attached hydrogens (primary N) is 1. The summed E-state index contributed by atoms with van der Waals surface area (Å²) in [7, 11) is 0. The van der Waals surface area contributed by atoms with Gasteiger partial charge in [0, 0.05) is 12.6 Å². The first-order valence-corrected chi connectivity index (χ1v) is 5.26. The number of dihydropyridines is 1. The Morgan fingerprint density at radius 2 is 2.27 bits per heavy atom. The Hall–Kier alpha value is -1.35. The number of nitrogens with zero attached hydrogens (tertiary/aromatic N) is 2. The van der Waals surface area contributed by atoms with Crippen LogP contribution in [0.3, 0.4) is 0 Å². The Bertz CT molecular complexity index is 482. The van der Waals surface area contributed by atoms with Crippen LogP contribution in [-0.2, 0) is 0 Å². The Kier molecular flexibility index (Phi) is 1.68. The number of rotatable bonds is 0. The molecule has 3 rings (SSSR count). The molecule has 4 heteroatoms. The minimum Gasteiger partial charge on any atom is -0.387 e.